The first-order valence-corrected chi connectivity index (χ1v) is 24.9. The van der Waals surface area contributed by atoms with Crippen LogP contribution in [0.15, 0.2) is 35.7 Å². The molecule has 5 aliphatic rings. The molecule has 20 heteroatoms. The molecule has 0 unspecified atom stereocenters. The molecule has 352 valence electrons. The lowest BCUT2D eigenvalue weighted by molar-refractivity contribution is -0.143. The van der Waals surface area contributed by atoms with Crippen LogP contribution in [0.5, 0.6) is 5.88 Å². The van der Waals surface area contributed by atoms with E-state index in [4.69, 9.17) is 14.5 Å². The van der Waals surface area contributed by atoms with Crippen molar-refractivity contribution in [3.63, 3.8) is 0 Å². The number of rotatable bonds is 8. The minimum atomic E-state index is -5.04. The molecule has 65 heavy (non-hydrogen) atoms. The second-order valence-corrected chi connectivity index (χ2v) is 22.4. The van der Waals surface area contributed by atoms with E-state index in [1.807, 2.05) is 11.5 Å². The van der Waals surface area contributed by atoms with E-state index in [2.05, 4.69) is 25.3 Å². The molecule has 2 aliphatic heterocycles. The number of ether oxygens (including phenoxy) is 2. The molecule has 8 rings (SSSR count). The SMILES string of the molecule is CC(C)(C)OC(=O)N[C@H]1CCCCC/C=C\[C@H]2C[C@@]2(C(=O)NS(=O)(=O)C2(C)CC2)NC(=O)[C@@H]2C[C@@H](Oc3nc4cccc(-c5nc(C6CCCCC6)cs5)c4nc3C(F)(F)F)CN2C1=O. The minimum absolute atomic E-state index is 0.0178. The summed E-state index contributed by atoms with van der Waals surface area (Å²) in [6, 6.07) is 2.20. The van der Waals surface area contributed by atoms with Crippen molar-refractivity contribution in [2.45, 2.75) is 164 Å². The monoisotopic (exact) mass is 943 g/mol. The van der Waals surface area contributed by atoms with Crippen LogP contribution in [0.1, 0.15) is 135 Å². The van der Waals surface area contributed by atoms with Gasteiger partial charge in [-0.15, -0.1) is 11.3 Å². The summed E-state index contributed by atoms with van der Waals surface area (Å²) in [5, 5.41) is 7.87. The average Bonchev–Trinajstić information content (AvgIpc) is 4.01. The second-order valence-electron chi connectivity index (χ2n) is 19.4. The number of hydrogen-bond acceptors (Lipinski definition) is 12. The maximum absolute atomic E-state index is 15.0. The Balaban J connectivity index is 1.12. The van der Waals surface area contributed by atoms with Crippen molar-refractivity contribution in [1.29, 1.82) is 0 Å². The van der Waals surface area contributed by atoms with Crippen molar-refractivity contribution in [3.05, 3.63) is 47.1 Å². The fraction of sp³-hybridized carbons (Fsp3) is 0.622. The number of carbonyl (C=O) groups is 4. The van der Waals surface area contributed by atoms with Gasteiger partial charge in [-0.05, 0) is 91.2 Å². The largest absolute Gasteiger partial charge is 0.471 e. The number of benzene rings is 1. The van der Waals surface area contributed by atoms with Crippen molar-refractivity contribution < 1.29 is 50.2 Å². The molecule has 3 N–H and O–H groups in total. The number of halogens is 3. The van der Waals surface area contributed by atoms with Crippen LogP contribution in [0.3, 0.4) is 0 Å². The van der Waals surface area contributed by atoms with Gasteiger partial charge in [0, 0.05) is 29.2 Å². The lowest BCUT2D eigenvalue weighted by atomic mass is 9.87. The molecule has 5 atom stereocenters. The summed E-state index contributed by atoms with van der Waals surface area (Å²) in [6.07, 6.45) is 4.89. The van der Waals surface area contributed by atoms with Crippen molar-refractivity contribution in [1.82, 2.24) is 35.2 Å². The molecule has 0 bridgehead atoms. The van der Waals surface area contributed by atoms with Crippen LogP contribution in [0.2, 0.25) is 0 Å². The number of nitrogens with zero attached hydrogens (tertiary/aromatic N) is 4. The topological polar surface area (TPSA) is 199 Å². The molecule has 4 fully saturated rings. The number of thiazole rings is 1. The number of hydrogen-bond donors (Lipinski definition) is 3. The number of para-hydroxylation sites is 1. The Hall–Kier alpha value is -4.85. The number of alkyl halides is 3. The maximum atomic E-state index is 15.0. The normalized spacial score (nSPS) is 27.0. The van der Waals surface area contributed by atoms with Gasteiger partial charge in [0.1, 0.15) is 34.3 Å². The van der Waals surface area contributed by atoms with Crippen LogP contribution >= 0.6 is 11.3 Å². The van der Waals surface area contributed by atoms with Crippen LogP contribution < -0.4 is 20.1 Å². The summed E-state index contributed by atoms with van der Waals surface area (Å²) in [6.45, 7) is 6.10. The molecular formula is C45H56F3N7O8S2. The number of aromatic nitrogens is 3. The molecule has 4 amide bonds. The Kier molecular flexibility index (Phi) is 12.7. The van der Waals surface area contributed by atoms with Crippen LogP contribution in [0.4, 0.5) is 18.0 Å². The average molecular weight is 944 g/mol. The molecule has 3 aromatic rings. The number of nitrogens with one attached hydrogen (secondary N) is 3. The zero-order valence-electron chi connectivity index (χ0n) is 37.0. The lowest BCUT2D eigenvalue weighted by Crippen LogP contribution is -2.58. The summed E-state index contributed by atoms with van der Waals surface area (Å²) in [7, 11) is -4.11. The summed E-state index contributed by atoms with van der Waals surface area (Å²) in [5.41, 5.74) is -2.61. The van der Waals surface area contributed by atoms with E-state index in [1.165, 1.54) is 24.3 Å². The van der Waals surface area contributed by atoms with E-state index in [0.717, 1.165) is 42.7 Å². The number of allylic oxidation sites excluding steroid dienone is 1. The van der Waals surface area contributed by atoms with Crippen LogP contribution in [-0.4, -0.2) is 92.7 Å². The fourth-order valence-electron chi connectivity index (χ4n) is 9.05. The smallest absolute Gasteiger partial charge is 0.438 e. The minimum Gasteiger partial charge on any atom is -0.471 e. The Bertz CT molecular complexity index is 2480. The van der Waals surface area contributed by atoms with Gasteiger partial charge in [0.15, 0.2) is 0 Å². The number of alkyl carbamates (subject to hydrolysis) is 1. The summed E-state index contributed by atoms with van der Waals surface area (Å²) >= 11 is 1.34. The van der Waals surface area contributed by atoms with Crippen molar-refractivity contribution in [2.24, 2.45) is 5.92 Å². The molecule has 1 aromatic carbocycles. The Morgan fingerprint density at radius 1 is 0.985 bits per heavy atom. The van der Waals surface area contributed by atoms with Gasteiger partial charge in [0.25, 0.3) is 5.91 Å². The van der Waals surface area contributed by atoms with Gasteiger partial charge >= 0.3 is 12.3 Å². The first-order chi connectivity index (χ1) is 30.7. The zero-order valence-corrected chi connectivity index (χ0v) is 38.6. The molecular weight excluding hydrogens is 888 g/mol. The molecule has 1 saturated heterocycles. The molecule has 15 nitrogen and oxygen atoms in total. The number of carbonyl (C=O) groups excluding carboxylic acids is 4. The molecule has 4 heterocycles. The quantitative estimate of drug-likeness (QED) is 0.190. The van der Waals surface area contributed by atoms with E-state index >= 15 is 13.2 Å². The highest BCUT2D eigenvalue weighted by Crippen LogP contribution is 2.48. The predicted molar refractivity (Wildman–Crippen MR) is 235 cm³/mol. The predicted octanol–water partition coefficient (Wildman–Crippen LogP) is 7.46. The number of sulfonamides is 1. The first kappa shape index (κ1) is 46.7. The van der Waals surface area contributed by atoms with E-state index < -0.39 is 98.1 Å². The van der Waals surface area contributed by atoms with Gasteiger partial charge in [-0.2, -0.15) is 13.2 Å². The van der Waals surface area contributed by atoms with E-state index in [1.54, 1.807) is 39.0 Å². The third-order valence-corrected chi connectivity index (χ3v) is 16.2. The number of fused-ring (bicyclic) bond motifs is 3. The van der Waals surface area contributed by atoms with Gasteiger partial charge < -0.3 is 25.0 Å². The third kappa shape index (κ3) is 10.1. The van der Waals surface area contributed by atoms with Crippen LogP contribution in [0.25, 0.3) is 21.6 Å². The molecule has 3 saturated carbocycles. The van der Waals surface area contributed by atoms with E-state index in [0.29, 0.717) is 49.1 Å². The molecule has 2 aromatic heterocycles. The second kappa shape index (κ2) is 17.8. The van der Waals surface area contributed by atoms with Gasteiger partial charge in [0.2, 0.25) is 33.4 Å². The first-order valence-electron chi connectivity index (χ1n) is 22.5. The summed E-state index contributed by atoms with van der Waals surface area (Å²) in [5.74, 6) is -3.63. The summed E-state index contributed by atoms with van der Waals surface area (Å²) < 4.78 is 84.1. The highest BCUT2D eigenvalue weighted by Gasteiger charge is 2.63. The standard InChI is InChI=1S/C45H56F3N7O8S2/c1-42(2,3)63-41(59)51-31-18-12-7-5-6-11-16-27-23-44(27,40(58)54-65(60,61)43(4)20-21-43)53-36(56)33-22-28(24-55(33)39(31)57)62-37-35(45(46,47)48)52-34-29(17-13-19-30(34)49-37)38-50-32(25-64-38)26-14-9-8-10-15-26/h11,13,16-17,19,25-28,31,33H,5-10,12,14-15,18,20-24H2,1-4H3,(H,51,59)(H,53,56)(H,54,58)/b16-11-/t27-,28+,31-,33-,44+/m0/s1. The van der Waals surface area contributed by atoms with Gasteiger partial charge in [-0.1, -0.05) is 50.3 Å². The van der Waals surface area contributed by atoms with E-state index in [-0.39, 0.29) is 36.2 Å². The van der Waals surface area contributed by atoms with Gasteiger partial charge in [-0.3, -0.25) is 19.1 Å². The highest BCUT2D eigenvalue weighted by atomic mass is 32.2. The lowest BCUT2D eigenvalue weighted by Gasteiger charge is -2.30. The van der Waals surface area contributed by atoms with Gasteiger partial charge in [0.05, 0.1) is 28.0 Å². The molecule has 0 spiro atoms. The third-order valence-electron chi connectivity index (χ3n) is 13.2. The molecule has 3 aliphatic carbocycles. The number of amides is 4. The fourth-order valence-corrected chi connectivity index (χ4v) is 11.3. The molecule has 0 radical (unpaired) electrons. The van der Waals surface area contributed by atoms with Crippen molar-refractivity contribution >= 4 is 56.2 Å². The van der Waals surface area contributed by atoms with Gasteiger partial charge in [-0.25, -0.2) is 28.2 Å². The van der Waals surface area contributed by atoms with Crippen molar-refractivity contribution in [3.8, 4) is 16.5 Å². The Morgan fingerprint density at radius 2 is 1.71 bits per heavy atom. The van der Waals surface area contributed by atoms with Crippen LogP contribution in [0, 0.1) is 5.92 Å². The van der Waals surface area contributed by atoms with Crippen molar-refractivity contribution in [2.75, 3.05) is 6.54 Å². The Labute approximate surface area is 380 Å². The maximum Gasteiger partial charge on any atom is 0.438 e. The highest BCUT2D eigenvalue weighted by molar-refractivity contribution is 7.91. The van der Waals surface area contributed by atoms with Crippen LogP contribution in [-0.2, 0) is 35.3 Å². The Morgan fingerprint density at radius 3 is 2.42 bits per heavy atom. The zero-order chi connectivity index (χ0) is 46.5. The summed E-state index contributed by atoms with van der Waals surface area (Å²) in [4.78, 5) is 70.6. The van der Waals surface area contributed by atoms with E-state index in [9.17, 15) is 27.6 Å².